The van der Waals surface area contributed by atoms with Crippen LogP contribution in [0.1, 0.15) is 20.7 Å². The lowest BCUT2D eigenvalue weighted by Gasteiger charge is -2.15. The van der Waals surface area contributed by atoms with Crippen LogP contribution < -0.4 is 5.49 Å². The summed E-state index contributed by atoms with van der Waals surface area (Å²) in [5, 5.41) is 29.7. The molecule has 0 spiro atoms. The van der Waals surface area contributed by atoms with Crippen molar-refractivity contribution < 1.29 is 19.4 Å². The number of carbonyl (C=O) groups excluding carboxylic acids is 2. The molecule has 1 aromatic carbocycles. The molecule has 25 heavy (non-hydrogen) atoms. The quantitative estimate of drug-likeness (QED) is 0.497. The van der Waals surface area contributed by atoms with Gasteiger partial charge < -0.3 is 4.57 Å². The lowest BCUT2D eigenvalue weighted by atomic mass is 10.1. The van der Waals surface area contributed by atoms with Gasteiger partial charge in [-0.05, 0) is 12.1 Å². The summed E-state index contributed by atoms with van der Waals surface area (Å²) in [5.74, 6) is -1.65. The molecule has 3 rings (SSSR count). The van der Waals surface area contributed by atoms with Gasteiger partial charge in [0.1, 0.15) is 17.7 Å². The molecule has 2 amide bonds. The van der Waals surface area contributed by atoms with Crippen molar-refractivity contribution in [1.29, 1.82) is 5.41 Å². The van der Waals surface area contributed by atoms with E-state index in [4.69, 9.17) is 5.41 Å². The first kappa shape index (κ1) is 16.0. The number of nitro groups is 2. The Bertz CT molecular complexity index is 1010. The Balaban J connectivity index is 2.03. The molecule has 11 nitrogen and oxygen atoms in total. The van der Waals surface area contributed by atoms with Crippen molar-refractivity contribution in [3.8, 4) is 0 Å². The minimum atomic E-state index is -0.884. The molecule has 1 N–H and O–H groups in total. The maximum absolute atomic E-state index is 12.5. The number of nitro benzene ring substituents is 1. The van der Waals surface area contributed by atoms with Crippen molar-refractivity contribution in [2.75, 3.05) is 0 Å². The summed E-state index contributed by atoms with van der Waals surface area (Å²) in [5.41, 5.74) is -1.42. The maximum Gasteiger partial charge on any atom is 0.285 e. The van der Waals surface area contributed by atoms with E-state index in [9.17, 15) is 29.8 Å². The van der Waals surface area contributed by atoms with Gasteiger partial charge >= 0.3 is 0 Å². The first-order valence-corrected chi connectivity index (χ1v) is 6.84. The molecule has 0 bridgehead atoms. The molecule has 1 aliphatic heterocycles. The lowest BCUT2D eigenvalue weighted by Crippen LogP contribution is -2.36. The number of rotatable bonds is 4. The van der Waals surface area contributed by atoms with Crippen LogP contribution in [0.2, 0.25) is 0 Å². The topological polar surface area (TPSA) is 152 Å². The summed E-state index contributed by atoms with van der Waals surface area (Å²) >= 11 is 0. The molecule has 0 saturated carbocycles. The molecule has 1 aliphatic rings. The zero-order valence-electron chi connectivity index (χ0n) is 12.4. The molecule has 0 unspecified atom stereocenters. The summed E-state index contributed by atoms with van der Waals surface area (Å²) in [6.07, 6.45) is 1.01. The highest BCUT2D eigenvalue weighted by atomic mass is 16.6. The Labute approximate surface area is 138 Å². The monoisotopic (exact) mass is 343 g/mol. The van der Waals surface area contributed by atoms with Crippen LogP contribution in [0.3, 0.4) is 0 Å². The van der Waals surface area contributed by atoms with E-state index in [0.29, 0.717) is 4.90 Å². The minimum absolute atomic E-state index is 0.114. The predicted molar refractivity (Wildman–Crippen MR) is 80.5 cm³/mol. The molecular formula is C14H9N5O6. The van der Waals surface area contributed by atoms with Crippen LogP contribution in [0.15, 0.2) is 36.5 Å². The molecule has 11 heteroatoms. The predicted octanol–water partition coefficient (Wildman–Crippen LogP) is 1.04. The number of nitrogens with one attached hydrogen (secondary N) is 1. The second-order valence-corrected chi connectivity index (χ2v) is 5.14. The number of fused-ring (bicyclic) bond motifs is 1. The summed E-state index contributed by atoms with van der Waals surface area (Å²) in [7, 11) is 0. The van der Waals surface area contributed by atoms with E-state index in [2.05, 4.69) is 0 Å². The van der Waals surface area contributed by atoms with E-state index in [1.807, 2.05) is 0 Å². The summed E-state index contributed by atoms with van der Waals surface area (Å²) in [4.78, 5) is 46.0. The second kappa shape index (κ2) is 5.63. The SMILES string of the molecule is N=c1ccc([N+](=O)[O-])cn1CN1C(=O)c2cccc([N+](=O)[O-])c2C1=O. The van der Waals surface area contributed by atoms with Crippen molar-refractivity contribution >= 4 is 23.2 Å². The minimum Gasteiger partial charge on any atom is -0.308 e. The number of imide groups is 1. The molecule has 0 saturated heterocycles. The van der Waals surface area contributed by atoms with E-state index < -0.39 is 34.0 Å². The Morgan fingerprint density at radius 1 is 1.00 bits per heavy atom. The summed E-state index contributed by atoms with van der Waals surface area (Å²) < 4.78 is 1.03. The van der Waals surface area contributed by atoms with Gasteiger partial charge in [0, 0.05) is 12.1 Å². The highest BCUT2D eigenvalue weighted by molar-refractivity contribution is 6.22. The van der Waals surface area contributed by atoms with Gasteiger partial charge in [0.15, 0.2) is 0 Å². The number of nitrogens with zero attached hydrogens (tertiary/aromatic N) is 4. The number of hydrogen-bond donors (Lipinski definition) is 1. The molecule has 0 atom stereocenters. The van der Waals surface area contributed by atoms with Crippen LogP contribution in [0.25, 0.3) is 0 Å². The van der Waals surface area contributed by atoms with Crippen molar-refractivity contribution in [1.82, 2.24) is 9.47 Å². The summed E-state index contributed by atoms with van der Waals surface area (Å²) in [6, 6.07) is 5.97. The molecular weight excluding hydrogens is 334 g/mol. The number of carbonyl (C=O) groups is 2. The first-order chi connectivity index (χ1) is 11.8. The molecule has 0 fully saturated rings. The largest absolute Gasteiger partial charge is 0.308 e. The third kappa shape index (κ3) is 2.52. The Hall–Kier alpha value is -3.89. The van der Waals surface area contributed by atoms with Crippen molar-refractivity contribution in [2.24, 2.45) is 0 Å². The Morgan fingerprint density at radius 3 is 2.36 bits per heavy atom. The van der Waals surface area contributed by atoms with Gasteiger partial charge in [-0.25, -0.2) is 0 Å². The van der Waals surface area contributed by atoms with Crippen LogP contribution in [-0.2, 0) is 6.67 Å². The Kier molecular flexibility index (Phi) is 3.60. The maximum atomic E-state index is 12.5. The molecule has 1 aromatic heterocycles. The zero-order chi connectivity index (χ0) is 18.3. The number of aromatic nitrogens is 1. The van der Waals surface area contributed by atoms with Gasteiger partial charge in [0.25, 0.3) is 23.2 Å². The third-order valence-corrected chi connectivity index (χ3v) is 3.69. The highest BCUT2D eigenvalue weighted by Crippen LogP contribution is 2.30. The second-order valence-electron chi connectivity index (χ2n) is 5.14. The normalized spacial score (nSPS) is 13.0. The average molecular weight is 343 g/mol. The highest BCUT2D eigenvalue weighted by Gasteiger charge is 2.41. The van der Waals surface area contributed by atoms with Crippen LogP contribution in [0.5, 0.6) is 0 Å². The van der Waals surface area contributed by atoms with E-state index in [0.717, 1.165) is 29.0 Å². The molecule has 2 aromatic rings. The van der Waals surface area contributed by atoms with Crippen molar-refractivity contribution in [2.45, 2.75) is 6.67 Å². The smallest absolute Gasteiger partial charge is 0.285 e. The van der Waals surface area contributed by atoms with E-state index >= 15 is 0 Å². The fourth-order valence-corrected chi connectivity index (χ4v) is 2.51. The van der Waals surface area contributed by atoms with Crippen LogP contribution >= 0.6 is 0 Å². The van der Waals surface area contributed by atoms with Gasteiger partial charge in [-0.15, -0.1) is 0 Å². The number of amides is 2. The number of pyridine rings is 1. The molecule has 0 aliphatic carbocycles. The summed E-state index contributed by atoms with van der Waals surface area (Å²) in [6.45, 7) is -0.468. The van der Waals surface area contributed by atoms with E-state index in [1.54, 1.807) is 0 Å². The van der Waals surface area contributed by atoms with Gasteiger partial charge in [-0.1, -0.05) is 6.07 Å². The average Bonchev–Trinajstić information content (AvgIpc) is 2.81. The molecule has 126 valence electrons. The standard InChI is InChI=1S/C14H9N5O6/c15-11-5-4-8(18(22)23)6-16(11)7-17-13(20)9-2-1-3-10(19(24)25)12(9)14(17)21/h1-6,15H,7H2. The van der Waals surface area contributed by atoms with Crippen molar-refractivity contribution in [3.05, 3.63) is 73.4 Å². The van der Waals surface area contributed by atoms with Gasteiger partial charge in [-0.2, -0.15) is 0 Å². The van der Waals surface area contributed by atoms with Crippen LogP contribution in [0.4, 0.5) is 11.4 Å². The fraction of sp³-hybridized carbons (Fsp3) is 0.0714. The third-order valence-electron chi connectivity index (χ3n) is 3.69. The van der Waals surface area contributed by atoms with Gasteiger partial charge in [-0.3, -0.25) is 40.1 Å². The van der Waals surface area contributed by atoms with E-state index in [1.165, 1.54) is 12.1 Å². The number of hydrogen-bond acceptors (Lipinski definition) is 7. The number of benzene rings is 1. The molecule has 2 heterocycles. The molecule has 0 radical (unpaired) electrons. The van der Waals surface area contributed by atoms with Crippen molar-refractivity contribution in [3.63, 3.8) is 0 Å². The van der Waals surface area contributed by atoms with E-state index in [-0.39, 0.29) is 22.3 Å². The van der Waals surface area contributed by atoms with Gasteiger partial charge in [0.05, 0.1) is 21.6 Å². The first-order valence-electron chi connectivity index (χ1n) is 6.84. The van der Waals surface area contributed by atoms with Crippen LogP contribution in [0, 0.1) is 25.6 Å². The van der Waals surface area contributed by atoms with Crippen LogP contribution in [-0.4, -0.2) is 31.1 Å². The lowest BCUT2D eigenvalue weighted by molar-refractivity contribution is -0.385. The van der Waals surface area contributed by atoms with Gasteiger partial charge in [0.2, 0.25) is 0 Å². The Morgan fingerprint density at radius 2 is 1.72 bits per heavy atom. The zero-order valence-corrected chi connectivity index (χ0v) is 12.4. The fourth-order valence-electron chi connectivity index (χ4n) is 2.51.